The summed E-state index contributed by atoms with van der Waals surface area (Å²) >= 11 is 3.45. The van der Waals surface area contributed by atoms with Gasteiger partial charge in [-0.1, -0.05) is 13.8 Å². The van der Waals surface area contributed by atoms with Gasteiger partial charge in [0.1, 0.15) is 0 Å². The van der Waals surface area contributed by atoms with Crippen LogP contribution in [0.1, 0.15) is 41.5 Å². The summed E-state index contributed by atoms with van der Waals surface area (Å²) in [5.74, 6) is 0.158. The Morgan fingerprint density at radius 1 is 1.55 bits per heavy atom. The van der Waals surface area contributed by atoms with E-state index in [0.717, 1.165) is 15.7 Å². The van der Waals surface area contributed by atoms with Crippen molar-refractivity contribution >= 4 is 21.8 Å². The van der Waals surface area contributed by atoms with Crippen LogP contribution in [0.2, 0.25) is 0 Å². The predicted octanol–water partition coefficient (Wildman–Crippen LogP) is 2.30. The first-order chi connectivity index (χ1) is 9.40. The summed E-state index contributed by atoms with van der Waals surface area (Å²) in [5, 5.41) is 11.1. The molecule has 0 atom stereocenters. The van der Waals surface area contributed by atoms with Gasteiger partial charge in [-0.2, -0.15) is 10.2 Å². The third kappa shape index (κ3) is 2.92. The highest BCUT2D eigenvalue weighted by Crippen LogP contribution is 2.26. The van der Waals surface area contributed by atoms with E-state index in [1.165, 1.54) is 0 Å². The second-order valence-corrected chi connectivity index (χ2v) is 5.93. The zero-order valence-electron chi connectivity index (χ0n) is 12.0. The van der Waals surface area contributed by atoms with E-state index in [0.29, 0.717) is 12.2 Å². The fraction of sp³-hybridized carbons (Fsp3) is 0.462. The molecule has 0 aliphatic heterocycles. The highest BCUT2D eigenvalue weighted by Gasteiger charge is 2.22. The van der Waals surface area contributed by atoms with Gasteiger partial charge in [0.2, 0.25) is 0 Å². The molecular formula is C13H18BrN5O. The van der Waals surface area contributed by atoms with E-state index in [1.54, 1.807) is 22.8 Å². The van der Waals surface area contributed by atoms with Crippen LogP contribution in [0.4, 0.5) is 0 Å². The van der Waals surface area contributed by atoms with Gasteiger partial charge in [0, 0.05) is 32.4 Å². The topological polar surface area (TPSA) is 66.8 Å². The van der Waals surface area contributed by atoms with Crippen LogP contribution >= 0.6 is 15.9 Å². The molecule has 0 fully saturated rings. The van der Waals surface area contributed by atoms with Gasteiger partial charge in [0.25, 0.3) is 5.91 Å². The molecule has 0 saturated heterocycles. The van der Waals surface area contributed by atoms with Crippen LogP contribution in [0.25, 0.3) is 0 Å². The molecule has 2 heterocycles. The summed E-state index contributed by atoms with van der Waals surface area (Å²) < 4.78 is 2.46. The first-order valence-corrected chi connectivity index (χ1v) is 7.16. The van der Waals surface area contributed by atoms with Crippen molar-refractivity contribution in [3.05, 3.63) is 33.8 Å². The van der Waals surface area contributed by atoms with Gasteiger partial charge in [-0.05, 0) is 21.8 Å². The molecular weight excluding hydrogens is 322 g/mol. The minimum Gasteiger partial charge on any atom is -0.336 e. The quantitative estimate of drug-likeness (QED) is 0.929. The molecule has 0 aliphatic rings. The van der Waals surface area contributed by atoms with Crippen LogP contribution in [0.3, 0.4) is 0 Å². The van der Waals surface area contributed by atoms with Crippen LogP contribution < -0.4 is 0 Å². The number of nitrogens with zero attached hydrogens (tertiary/aromatic N) is 4. The van der Waals surface area contributed by atoms with E-state index in [1.807, 2.05) is 27.1 Å². The van der Waals surface area contributed by atoms with E-state index in [-0.39, 0.29) is 11.8 Å². The lowest BCUT2D eigenvalue weighted by molar-refractivity contribution is 0.0778. The van der Waals surface area contributed by atoms with Crippen LogP contribution in [0, 0.1) is 0 Å². The normalized spacial score (nSPS) is 11.1. The Balaban J connectivity index is 2.14. The van der Waals surface area contributed by atoms with Crippen molar-refractivity contribution in [1.82, 2.24) is 24.9 Å². The lowest BCUT2D eigenvalue weighted by Gasteiger charge is -2.15. The lowest BCUT2D eigenvalue weighted by atomic mass is 10.1. The SMILES string of the molecule is CC(C)c1[nH]nc(C(=O)N(C)Cc2cnn(C)c2)c1Br. The summed E-state index contributed by atoms with van der Waals surface area (Å²) in [6, 6.07) is 0. The van der Waals surface area contributed by atoms with Crippen molar-refractivity contribution in [3.63, 3.8) is 0 Å². The lowest BCUT2D eigenvalue weighted by Crippen LogP contribution is -2.26. The van der Waals surface area contributed by atoms with Crippen LogP contribution in [-0.4, -0.2) is 37.8 Å². The maximum Gasteiger partial charge on any atom is 0.275 e. The molecule has 0 unspecified atom stereocenters. The van der Waals surface area contributed by atoms with Gasteiger partial charge >= 0.3 is 0 Å². The van der Waals surface area contributed by atoms with Gasteiger partial charge in [0.05, 0.1) is 16.4 Å². The highest BCUT2D eigenvalue weighted by molar-refractivity contribution is 9.10. The first kappa shape index (κ1) is 14.8. The number of aromatic amines is 1. The maximum atomic E-state index is 12.4. The number of halogens is 1. The molecule has 0 bridgehead atoms. The van der Waals surface area contributed by atoms with Gasteiger partial charge < -0.3 is 4.90 Å². The molecule has 7 heteroatoms. The fourth-order valence-corrected chi connectivity index (χ4v) is 2.75. The smallest absolute Gasteiger partial charge is 0.275 e. The van der Waals surface area contributed by atoms with Crippen molar-refractivity contribution in [1.29, 1.82) is 0 Å². The molecule has 108 valence electrons. The minimum atomic E-state index is -0.121. The summed E-state index contributed by atoms with van der Waals surface area (Å²) in [4.78, 5) is 14.0. The minimum absolute atomic E-state index is 0.121. The monoisotopic (exact) mass is 339 g/mol. The summed E-state index contributed by atoms with van der Waals surface area (Å²) in [5.41, 5.74) is 2.34. The van der Waals surface area contributed by atoms with Crippen LogP contribution in [0.5, 0.6) is 0 Å². The number of carbonyl (C=O) groups excluding carboxylic acids is 1. The number of aryl methyl sites for hydroxylation is 1. The van der Waals surface area contributed by atoms with Crippen LogP contribution in [0.15, 0.2) is 16.9 Å². The maximum absolute atomic E-state index is 12.4. The zero-order chi connectivity index (χ0) is 14.9. The highest BCUT2D eigenvalue weighted by atomic mass is 79.9. The molecule has 1 amide bonds. The summed E-state index contributed by atoms with van der Waals surface area (Å²) in [6.07, 6.45) is 3.64. The number of nitrogens with one attached hydrogen (secondary N) is 1. The molecule has 2 aromatic heterocycles. The Labute approximate surface area is 126 Å². The predicted molar refractivity (Wildman–Crippen MR) is 79.4 cm³/mol. The number of hydrogen-bond acceptors (Lipinski definition) is 3. The Kier molecular flexibility index (Phi) is 4.27. The van der Waals surface area contributed by atoms with E-state index < -0.39 is 0 Å². The van der Waals surface area contributed by atoms with E-state index in [4.69, 9.17) is 0 Å². The van der Waals surface area contributed by atoms with Gasteiger partial charge in [-0.3, -0.25) is 14.6 Å². The van der Waals surface area contributed by atoms with E-state index in [2.05, 4.69) is 31.2 Å². The van der Waals surface area contributed by atoms with Crippen molar-refractivity contribution in [3.8, 4) is 0 Å². The van der Waals surface area contributed by atoms with Crippen molar-refractivity contribution in [2.24, 2.45) is 7.05 Å². The standard InChI is InChI=1S/C13H18BrN5O/c1-8(2)11-10(14)12(17-16-11)13(20)18(3)6-9-5-15-19(4)7-9/h5,7-8H,6H2,1-4H3,(H,16,17). The van der Waals surface area contributed by atoms with Gasteiger partial charge in [0.15, 0.2) is 5.69 Å². The Morgan fingerprint density at radius 3 is 2.75 bits per heavy atom. The molecule has 0 spiro atoms. The van der Waals surface area contributed by atoms with E-state index in [9.17, 15) is 4.79 Å². The molecule has 0 aliphatic carbocycles. The van der Waals surface area contributed by atoms with Gasteiger partial charge in [-0.25, -0.2) is 0 Å². The molecule has 0 aromatic carbocycles. The third-order valence-corrected chi connectivity index (χ3v) is 3.84. The zero-order valence-corrected chi connectivity index (χ0v) is 13.6. The second kappa shape index (κ2) is 5.78. The molecule has 20 heavy (non-hydrogen) atoms. The van der Waals surface area contributed by atoms with Crippen LogP contribution in [-0.2, 0) is 13.6 Å². The number of aromatic nitrogens is 4. The molecule has 6 nitrogen and oxygen atoms in total. The Morgan fingerprint density at radius 2 is 2.25 bits per heavy atom. The summed E-state index contributed by atoms with van der Waals surface area (Å²) in [7, 11) is 3.61. The molecule has 0 saturated carbocycles. The number of carbonyl (C=O) groups is 1. The first-order valence-electron chi connectivity index (χ1n) is 6.37. The number of rotatable bonds is 4. The summed E-state index contributed by atoms with van der Waals surface area (Å²) in [6.45, 7) is 4.60. The largest absolute Gasteiger partial charge is 0.336 e. The number of hydrogen-bond donors (Lipinski definition) is 1. The fourth-order valence-electron chi connectivity index (χ4n) is 1.95. The Hall–Kier alpha value is -1.63. The average Bonchev–Trinajstić information content (AvgIpc) is 2.94. The van der Waals surface area contributed by atoms with E-state index >= 15 is 0 Å². The Bertz CT molecular complexity index is 616. The second-order valence-electron chi connectivity index (χ2n) is 5.14. The molecule has 2 rings (SSSR count). The molecule has 1 N–H and O–H groups in total. The van der Waals surface area contributed by atoms with Crippen molar-refractivity contribution in [2.45, 2.75) is 26.3 Å². The van der Waals surface area contributed by atoms with Crippen molar-refractivity contribution < 1.29 is 4.79 Å². The number of H-pyrrole nitrogens is 1. The number of amides is 1. The molecule has 0 radical (unpaired) electrons. The van der Waals surface area contributed by atoms with Crippen molar-refractivity contribution in [2.75, 3.05) is 7.05 Å². The molecule has 2 aromatic rings. The average molecular weight is 340 g/mol. The van der Waals surface area contributed by atoms with Gasteiger partial charge in [-0.15, -0.1) is 0 Å². The third-order valence-electron chi connectivity index (χ3n) is 3.04.